The van der Waals surface area contributed by atoms with Gasteiger partial charge in [-0.1, -0.05) is 5.21 Å². The number of rotatable bonds is 4. The summed E-state index contributed by atoms with van der Waals surface area (Å²) in [6.45, 7) is 3.52. The Morgan fingerprint density at radius 2 is 2.11 bits per heavy atom. The molecular formula is C9H12BrN5O3S. The summed E-state index contributed by atoms with van der Waals surface area (Å²) >= 11 is 3.04. The molecule has 0 amide bonds. The van der Waals surface area contributed by atoms with Crippen LogP contribution in [0.25, 0.3) is 0 Å². The molecule has 0 aliphatic carbocycles. The number of hydrogen-bond donors (Lipinski definition) is 1. The molecule has 2 aromatic heterocycles. The number of hydrogen-bond acceptors (Lipinski definition) is 6. The second kappa shape index (κ2) is 5.02. The van der Waals surface area contributed by atoms with Crippen molar-refractivity contribution in [3.8, 4) is 0 Å². The van der Waals surface area contributed by atoms with Crippen molar-refractivity contribution in [1.29, 1.82) is 0 Å². The summed E-state index contributed by atoms with van der Waals surface area (Å²) in [6.07, 6.45) is 0. The van der Waals surface area contributed by atoms with Crippen molar-refractivity contribution >= 4 is 26.0 Å². The molecular weight excluding hydrogens is 338 g/mol. The maximum atomic E-state index is 12.1. The molecule has 0 fully saturated rings. The number of nitrogens with zero attached hydrogens (tertiary/aromatic N) is 4. The highest BCUT2D eigenvalue weighted by molar-refractivity contribution is 9.10. The van der Waals surface area contributed by atoms with Crippen molar-refractivity contribution in [2.75, 3.05) is 0 Å². The smallest absolute Gasteiger partial charge is 0.261 e. The summed E-state index contributed by atoms with van der Waals surface area (Å²) in [5, 5.41) is 7.20. The van der Waals surface area contributed by atoms with Crippen molar-refractivity contribution < 1.29 is 12.8 Å². The van der Waals surface area contributed by atoms with Crippen molar-refractivity contribution in [3.63, 3.8) is 0 Å². The Morgan fingerprint density at radius 1 is 1.42 bits per heavy atom. The highest BCUT2D eigenvalue weighted by atomic mass is 79.9. The van der Waals surface area contributed by atoms with Crippen LogP contribution in [0.5, 0.6) is 0 Å². The first-order valence-electron chi connectivity index (χ1n) is 5.29. The van der Waals surface area contributed by atoms with Crippen LogP contribution in [0, 0.1) is 13.8 Å². The van der Waals surface area contributed by atoms with Crippen LogP contribution in [0.15, 0.2) is 14.0 Å². The number of nitrogens with one attached hydrogen (secondary N) is 1. The van der Waals surface area contributed by atoms with Crippen LogP contribution in [0.4, 0.5) is 0 Å². The first-order valence-corrected chi connectivity index (χ1v) is 7.56. The highest BCUT2D eigenvalue weighted by Crippen LogP contribution is 2.18. The number of aryl methyl sites for hydroxylation is 3. The van der Waals surface area contributed by atoms with Gasteiger partial charge in [-0.05, 0) is 29.8 Å². The van der Waals surface area contributed by atoms with Gasteiger partial charge in [-0.15, -0.1) is 5.10 Å². The van der Waals surface area contributed by atoms with Gasteiger partial charge in [0.15, 0.2) is 4.60 Å². The molecule has 0 aliphatic heterocycles. The van der Waals surface area contributed by atoms with Crippen molar-refractivity contribution in [2.24, 2.45) is 7.05 Å². The van der Waals surface area contributed by atoms with Crippen molar-refractivity contribution in [1.82, 2.24) is 24.7 Å². The SMILES string of the molecule is Cc1nc(CNS(=O)(=O)c2c(Br)nnn2C)oc1C. The van der Waals surface area contributed by atoms with E-state index in [4.69, 9.17) is 4.42 Å². The third-order valence-corrected chi connectivity index (χ3v) is 4.77. The molecule has 2 rings (SSSR count). The van der Waals surface area contributed by atoms with E-state index in [1.807, 2.05) is 0 Å². The van der Waals surface area contributed by atoms with Crippen molar-refractivity contribution in [3.05, 3.63) is 21.9 Å². The lowest BCUT2D eigenvalue weighted by atomic mass is 10.4. The molecule has 0 spiro atoms. The van der Waals surface area contributed by atoms with Gasteiger partial charge in [0.1, 0.15) is 5.76 Å². The van der Waals surface area contributed by atoms with Crippen LogP contribution in [-0.2, 0) is 23.6 Å². The zero-order chi connectivity index (χ0) is 14.2. The highest BCUT2D eigenvalue weighted by Gasteiger charge is 2.24. The molecule has 2 aromatic rings. The molecule has 8 nitrogen and oxygen atoms in total. The predicted octanol–water partition coefficient (Wildman–Crippen LogP) is 0.661. The van der Waals surface area contributed by atoms with Gasteiger partial charge in [0.2, 0.25) is 10.9 Å². The quantitative estimate of drug-likeness (QED) is 0.869. The molecule has 2 heterocycles. The molecule has 0 bridgehead atoms. The number of aromatic nitrogens is 4. The Labute approximate surface area is 118 Å². The van der Waals surface area contributed by atoms with Gasteiger partial charge >= 0.3 is 0 Å². The van der Waals surface area contributed by atoms with E-state index in [-0.39, 0.29) is 16.2 Å². The van der Waals surface area contributed by atoms with Crippen molar-refractivity contribution in [2.45, 2.75) is 25.4 Å². The molecule has 104 valence electrons. The minimum absolute atomic E-state index is 0.0331. The molecule has 0 aromatic carbocycles. The van der Waals surface area contributed by atoms with Crippen LogP contribution in [0.3, 0.4) is 0 Å². The first-order chi connectivity index (χ1) is 8.81. The summed E-state index contributed by atoms with van der Waals surface area (Å²) in [5.41, 5.74) is 0.734. The summed E-state index contributed by atoms with van der Waals surface area (Å²) in [7, 11) is -2.25. The lowest BCUT2D eigenvalue weighted by Crippen LogP contribution is -2.25. The van der Waals surface area contributed by atoms with Crippen LogP contribution in [-0.4, -0.2) is 28.4 Å². The average Bonchev–Trinajstić information content (AvgIpc) is 2.81. The normalized spacial score (nSPS) is 12.0. The Kier molecular flexibility index (Phi) is 3.74. The first kappa shape index (κ1) is 14.2. The van der Waals surface area contributed by atoms with E-state index in [9.17, 15) is 8.42 Å². The van der Waals surface area contributed by atoms with E-state index in [0.29, 0.717) is 11.7 Å². The van der Waals surface area contributed by atoms with E-state index in [1.54, 1.807) is 13.8 Å². The van der Waals surface area contributed by atoms with E-state index in [0.717, 1.165) is 5.69 Å². The van der Waals surface area contributed by atoms with E-state index in [2.05, 4.69) is 35.9 Å². The second-order valence-electron chi connectivity index (χ2n) is 3.88. The minimum Gasteiger partial charge on any atom is -0.444 e. The lowest BCUT2D eigenvalue weighted by molar-refractivity contribution is 0.462. The second-order valence-corrected chi connectivity index (χ2v) is 6.32. The fourth-order valence-corrected chi connectivity index (χ4v) is 3.51. The van der Waals surface area contributed by atoms with Gasteiger partial charge < -0.3 is 4.42 Å². The molecule has 0 radical (unpaired) electrons. The molecule has 10 heteroatoms. The van der Waals surface area contributed by atoms with Gasteiger partial charge in [0.05, 0.1) is 12.2 Å². The molecule has 0 unspecified atom stereocenters. The van der Waals surface area contributed by atoms with Gasteiger partial charge in [-0.2, -0.15) is 0 Å². The van der Waals surface area contributed by atoms with Crippen LogP contribution >= 0.6 is 15.9 Å². The topological polar surface area (TPSA) is 103 Å². The molecule has 0 saturated carbocycles. The predicted molar refractivity (Wildman–Crippen MR) is 68.7 cm³/mol. The summed E-state index contributed by atoms with van der Waals surface area (Å²) < 4.78 is 33.2. The lowest BCUT2D eigenvalue weighted by Gasteiger charge is -2.04. The largest absolute Gasteiger partial charge is 0.444 e. The molecule has 0 aliphatic rings. The van der Waals surface area contributed by atoms with Crippen LogP contribution < -0.4 is 4.72 Å². The summed E-state index contributed by atoms with van der Waals surface area (Å²) in [6, 6.07) is 0. The van der Waals surface area contributed by atoms with Crippen LogP contribution in [0.1, 0.15) is 17.3 Å². The standard InChI is InChI=1S/C9H12BrN5O3S/c1-5-6(2)18-7(12-5)4-11-19(16,17)9-8(10)13-14-15(9)3/h11H,4H2,1-3H3. The minimum atomic E-state index is -3.74. The van der Waals surface area contributed by atoms with E-state index >= 15 is 0 Å². The monoisotopic (exact) mass is 349 g/mol. The van der Waals surface area contributed by atoms with Gasteiger partial charge in [-0.3, -0.25) is 0 Å². The van der Waals surface area contributed by atoms with Crippen LogP contribution in [0.2, 0.25) is 0 Å². The molecule has 0 saturated heterocycles. The fourth-order valence-electron chi connectivity index (χ4n) is 1.45. The zero-order valence-corrected chi connectivity index (χ0v) is 12.9. The van der Waals surface area contributed by atoms with Gasteiger partial charge in [0.25, 0.3) is 10.0 Å². The Bertz CT molecular complexity index is 667. The fraction of sp³-hybridized carbons (Fsp3) is 0.444. The summed E-state index contributed by atoms with van der Waals surface area (Å²) in [5.74, 6) is 0.974. The third kappa shape index (κ3) is 2.85. The number of sulfonamides is 1. The van der Waals surface area contributed by atoms with E-state index in [1.165, 1.54) is 11.7 Å². The third-order valence-electron chi connectivity index (χ3n) is 2.48. The average molecular weight is 350 g/mol. The Morgan fingerprint density at radius 3 is 2.58 bits per heavy atom. The maximum Gasteiger partial charge on any atom is 0.261 e. The number of halogens is 1. The Hall–Kier alpha value is -1.26. The van der Waals surface area contributed by atoms with Gasteiger partial charge in [-0.25, -0.2) is 22.8 Å². The van der Waals surface area contributed by atoms with Gasteiger partial charge in [0, 0.05) is 7.05 Å². The number of oxazole rings is 1. The molecule has 1 N–H and O–H groups in total. The molecule has 0 atom stereocenters. The maximum absolute atomic E-state index is 12.1. The summed E-state index contributed by atoms with van der Waals surface area (Å²) in [4.78, 5) is 4.10. The zero-order valence-electron chi connectivity index (χ0n) is 10.5. The van der Waals surface area contributed by atoms with E-state index < -0.39 is 10.0 Å². The Balaban J connectivity index is 2.19. The molecule has 19 heavy (non-hydrogen) atoms.